The van der Waals surface area contributed by atoms with Crippen LogP contribution in [0, 0.1) is 0 Å². The summed E-state index contributed by atoms with van der Waals surface area (Å²) in [5.41, 5.74) is 1.24. The lowest BCUT2D eigenvalue weighted by molar-refractivity contribution is -0.134. The number of fused-ring (bicyclic) bond motifs is 2. The fraction of sp³-hybridized carbons (Fsp3) is 0.350. The first-order valence-corrected chi connectivity index (χ1v) is 9.16. The number of carbonyl (C=O) groups excluding carboxylic acids is 2. The summed E-state index contributed by atoms with van der Waals surface area (Å²) in [5, 5.41) is 0.423. The highest BCUT2D eigenvalue weighted by atomic mass is 35.5. The fourth-order valence-electron chi connectivity index (χ4n) is 4.32. The predicted molar refractivity (Wildman–Crippen MR) is 94.9 cm³/mol. The Morgan fingerprint density at radius 2 is 1.96 bits per heavy atom. The number of benzene rings is 1. The lowest BCUT2D eigenvalue weighted by Gasteiger charge is -2.26. The Hall–Kier alpha value is -2.40. The molecule has 5 rings (SSSR count). The van der Waals surface area contributed by atoms with Crippen molar-refractivity contribution in [3.8, 4) is 0 Å². The molecular weight excluding hydrogens is 352 g/mol. The Bertz CT molecular complexity index is 923. The molecule has 132 valence electrons. The molecule has 26 heavy (non-hydrogen) atoms. The number of halogens is 1. The number of nitrogens with zero attached hydrogens (tertiary/aromatic N) is 2. The van der Waals surface area contributed by atoms with E-state index < -0.39 is 11.0 Å². The molecule has 3 aliphatic rings. The summed E-state index contributed by atoms with van der Waals surface area (Å²) < 4.78 is 5.75. The average Bonchev–Trinajstić information content (AvgIpc) is 3.28. The maximum Gasteiger partial charge on any atom is 0.339 e. The van der Waals surface area contributed by atoms with Gasteiger partial charge in [-0.05, 0) is 30.5 Å². The van der Waals surface area contributed by atoms with Crippen molar-refractivity contribution in [2.75, 3.05) is 13.1 Å². The van der Waals surface area contributed by atoms with E-state index in [9.17, 15) is 9.59 Å². The highest BCUT2D eigenvalue weighted by molar-refractivity contribution is 6.29. The molecule has 0 bridgehead atoms. The summed E-state index contributed by atoms with van der Waals surface area (Å²) in [5.74, 6) is -0.197. The third kappa shape index (κ3) is 2.13. The van der Waals surface area contributed by atoms with Crippen molar-refractivity contribution >= 4 is 23.5 Å². The lowest BCUT2D eigenvalue weighted by Crippen LogP contribution is -2.40. The molecule has 1 spiro atoms. The summed E-state index contributed by atoms with van der Waals surface area (Å²) in [4.78, 5) is 31.5. The predicted octanol–water partition coefficient (Wildman–Crippen LogP) is 3.06. The number of hydrogen-bond acceptors (Lipinski definition) is 4. The zero-order valence-corrected chi connectivity index (χ0v) is 14.8. The quantitative estimate of drug-likeness (QED) is 0.603. The molecule has 1 atom stereocenters. The molecule has 1 saturated carbocycles. The Labute approximate surface area is 155 Å². The smallest absolute Gasteiger partial charge is 0.339 e. The van der Waals surface area contributed by atoms with Crippen LogP contribution in [0.15, 0.2) is 42.6 Å². The second-order valence-corrected chi connectivity index (χ2v) is 7.75. The number of rotatable bonds is 2. The Kier molecular flexibility index (Phi) is 3.23. The number of ether oxygens (including phenoxy) is 1. The molecule has 1 amide bonds. The van der Waals surface area contributed by atoms with Crippen LogP contribution in [0.4, 0.5) is 0 Å². The van der Waals surface area contributed by atoms with E-state index in [-0.39, 0.29) is 11.9 Å². The van der Waals surface area contributed by atoms with E-state index in [0.29, 0.717) is 30.2 Å². The number of amides is 1. The SMILES string of the molecule is O=C1OC2(CCN(C(=O)C3(c4ccc(Cl)nc4)CC3)C2)c2ccccc21. The first kappa shape index (κ1) is 15.8. The van der Waals surface area contributed by atoms with Gasteiger partial charge in [0.15, 0.2) is 5.60 Å². The minimum absolute atomic E-state index is 0.0962. The number of aromatic nitrogens is 1. The number of likely N-dealkylation sites (tertiary alicyclic amines) is 1. The second kappa shape index (κ2) is 5.30. The Balaban J connectivity index is 1.43. The molecule has 2 fully saturated rings. The summed E-state index contributed by atoms with van der Waals surface area (Å²) in [6.07, 6.45) is 3.96. The van der Waals surface area contributed by atoms with Gasteiger partial charge in [-0.25, -0.2) is 9.78 Å². The number of hydrogen-bond donors (Lipinski definition) is 0. The van der Waals surface area contributed by atoms with Crippen LogP contribution < -0.4 is 0 Å². The molecule has 1 aromatic carbocycles. The van der Waals surface area contributed by atoms with Gasteiger partial charge in [-0.1, -0.05) is 35.9 Å². The van der Waals surface area contributed by atoms with E-state index in [1.807, 2.05) is 29.2 Å². The standard InChI is InChI=1S/C20H17ClN2O3/c21-16-6-5-13(11-22-16)19(7-8-19)18(25)23-10-9-20(12-23)15-4-2-1-3-14(15)17(24)26-20/h1-6,11H,7-10,12H2. The van der Waals surface area contributed by atoms with Crippen molar-refractivity contribution in [3.63, 3.8) is 0 Å². The maximum atomic E-state index is 13.3. The Morgan fingerprint density at radius 1 is 1.15 bits per heavy atom. The highest BCUT2D eigenvalue weighted by Gasteiger charge is 2.57. The van der Waals surface area contributed by atoms with Crippen molar-refractivity contribution in [3.05, 3.63) is 64.4 Å². The molecule has 2 aromatic rings. The van der Waals surface area contributed by atoms with E-state index in [0.717, 1.165) is 24.0 Å². The van der Waals surface area contributed by atoms with Gasteiger partial charge >= 0.3 is 5.97 Å². The van der Waals surface area contributed by atoms with Gasteiger partial charge in [-0.2, -0.15) is 0 Å². The molecule has 1 saturated heterocycles. The van der Waals surface area contributed by atoms with E-state index in [1.54, 1.807) is 18.3 Å². The summed E-state index contributed by atoms with van der Waals surface area (Å²) in [7, 11) is 0. The van der Waals surface area contributed by atoms with Crippen LogP contribution in [0.3, 0.4) is 0 Å². The normalized spacial score (nSPS) is 25.3. The van der Waals surface area contributed by atoms with Gasteiger partial charge < -0.3 is 9.64 Å². The summed E-state index contributed by atoms with van der Waals surface area (Å²) in [6, 6.07) is 11.1. The molecule has 5 nitrogen and oxygen atoms in total. The lowest BCUT2D eigenvalue weighted by atomic mass is 9.91. The zero-order valence-electron chi connectivity index (χ0n) is 14.1. The van der Waals surface area contributed by atoms with Gasteiger partial charge in [0.25, 0.3) is 0 Å². The van der Waals surface area contributed by atoms with E-state index in [2.05, 4.69) is 4.98 Å². The molecular formula is C20H17ClN2O3. The van der Waals surface area contributed by atoms with Gasteiger partial charge in [0.2, 0.25) is 5.91 Å². The molecule has 0 N–H and O–H groups in total. The number of esters is 1. The van der Waals surface area contributed by atoms with Crippen LogP contribution in [0.5, 0.6) is 0 Å². The third-order valence-electron chi connectivity index (χ3n) is 5.88. The average molecular weight is 369 g/mol. The molecule has 3 heterocycles. The minimum atomic E-state index is -0.697. The topological polar surface area (TPSA) is 59.5 Å². The van der Waals surface area contributed by atoms with Gasteiger partial charge in [0.05, 0.1) is 17.5 Å². The van der Waals surface area contributed by atoms with E-state index >= 15 is 0 Å². The van der Waals surface area contributed by atoms with Crippen LogP contribution in [-0.4, -0.2) is 34.8 Å². The zero-order chi connectivity index (χ0) is 17.9. The van der Waals surface area contributed by atoms with Gasteiger partial charge in [-0.3, -0.25) is 4.79 Å². The summed E-state index contributed by atoms with van der Waals surface area (Å²) in [6.45, 7) is 1.00. The monoisotopic (exact) mass is 368 g/mol. The number of carbonyl (C=O) groups is 2. The van der Waals surface area contributed by atoms with Gasteiger partial charge in [-0.15, -0.1) is 0 Å². The largest absolute Gasteiger partial charge is 0.449 e. The Morgan fingerprint density at radius 3 is 2.69 bits per heavy atom. The van der Waals surface area contributed by atoms with E-state index in [4.69, 9.17) is 16.3 Å². The number of pyridine rings is 1. The van der Waals surface area contributed by atoms with Crippen LogP contribution in [-0.2, 0) is 20.5 Å². The van der Waals surface area contributed by atoms with Crippen LogP contribution in [0.2, 0.25) is 5.15 Å². The maximum absolute atomic E-state index is 13.3. The third-order valence-corrected chi connectivity index (χ3v) is 6.11. The van der Waals surface area contributed by atoms with E-state index in [1.165, 1.54) is 0 Å². The second-order valence-electron chi connectivity index (χ2n) is 7.36. The van der Waals surface area contributed by atoms with Crippen molar-refractivity contribution < 1.29 is 14.3 Å². The molecule has 1 unspecified atom stereocenters. The van der Waals surface area contributed by atoms with Crippen LogP contribution in [0.25, 0.3) is 0 Å². The molecule has 1 aliphatic carbocycles. The van der Waals surface area contributed by atoms with Crippen molar-refractivity contribution in [1.82, 2.24) is 9.88 Å². The minimum Gasteiger partial charge on any atom is -0.449 e. The molecule has 6 heteroatoms. The van der Waals surface area contributed by atoms with Crippen molar-refractivity contribution in [1.29, 1.82) is 0 Å². The van der Waals surface area contributed by atoms with Crippen LogP contribution >= 0.6 is 11.6 Å². The first-order valence-electron chi connectivity index (χ1n) is 8.78. The highest BCUT2D eigenvalue weighted by Crippen LogP contribution is 2.51. The van der Waals surface area contributed by atoms with Crippen LogP contribution in [0.1, 0.15) is 40.7 Å². The first-order chi connectivity index (χ1) is 12.5. The van der Waals surface area contributed by atoms with Crippen molar-refractivity contribution in [2.45, 2.75) is 30.3 Å². The van der Waals surface area contributed by atoms with Crippen molar-refractivity contribution in [2.24, 2.45) is 0 Å². The van der Waals surface area contributed by atoms with Gasteiger partial charge in [0.1, 0.15) is 5.15 Å². The van der Waals surface area contributed by atoms with Gasteiger partial charge in [0, 0.05) is 24.7 Å². The molecule has 1 aromatic heterocycles. The molecule has 0 radical (unpaired) electrons. The summed E-state index contributed by atoms with van der Waals surface area (Å²) >= 11 is 5.88. The molecule has 2 aliphatic heterocycles. The fourth-order valence-corrected chi connectivity index (χ4v) is 4.43.